The first-order chi connectivity index (χ1) is 11.6. The Kier molecular flexibility index (Phi) is 22.9. The second-order valence-corrected chi connectivity index (χ2v) is 10.9. The number of hydrogen-bond acceptors (Lipinski definition) is 7. The molecule has 0 saturated heterocycles. The molecule has 24 heavy (non-hydrogen) atoms. The lowest BCUT2D eigenvalue weighted by molar-refractivity contribution is 0.0712. The van der Waals surface area contributed by atoms with Crippen LogP contribution in [-0.2, 0) is 22.1 Å². The van der Waals surface area contributed by atoms with Gasteiger partial charge < -0.3 is 22.1 Å². The summed E-state index contributed by atoms with van der Waals surface area (Å²) in [6.07, 6.45) is 3.33. The predicted molar refractivity (Wildman–Crippen MR) is 113 cm³/mol. The molecule has 0 saturated carbocycles. The zero-order valence-electron chi connectivity index (χ0n) is 16.1. The van der Waals surface area contributed by atoms with Gasteiger partial charge in [0.25, 0.3) is 0 Å². The molecule has 0 radical (unpaired) electrons. The van der Waals surface area contributed by atoms with E-state index in [1.54, 1.807) is 14.2 Å². The topological polar surface area (TPSA) is 46.2 Å². The van der Waals surface area contributed by atoms with Crippen molar-refractivity contribution in [1.82, 2.24) is 0 Å². The van der Waals surface area contributed by atoms with E-state index < -0.39 is 18.1 Å². The zero-order chi connectivity index (χ0) is 18.7. The number of rotatable bonds is 15. The van der Waals surface area contributed by atoms with E-state index >= 15 is 0 Å². The second-order valence-electron chi connectivity index (χ2n) is 4.93. The number of hydrogen-bond donors (Lipinski definition) is 2. The van der Waals surface area contributed by atoms with Gasteiger partial charge in [0.2, 0.25) is 0 Å². The van der Waals surface area contributed by atoms with Gasteiger partial charge in [0, 0.05) is 40.1 Å². The lowest BCUT2D eigenvalue weighted by Crippen LogP contribution is -2.46. The molecule has 148 valence electrons. The molecular formula is C15H38O5S2Si2. The van der Waals surface area contributed by atoms with Crippen molar-refractivity contribution in [2.45, 2.75) is 52.1 Å². The van der Waals surface area contributed by atoms with Gasteiger partial charge in [-0.3, -0.25) is 0 Å². The van der Waals surface area contributed by atoms with Gasteiger partial charge in [-0.15, -0.1) is 0 Å². The second kappa shape index (κ2) is 20.2. The van der Waals surface area contributed by atoms with Crippen molar-refractivity contribution in [3.05, 3.63) is 0 Å². The molecule has 0 aromatic heterocycles. The molecule has 0 aromatic rings. The van der Waals surface area contributed by atoms with E-state index in [1.807, 2.05) is 20.8 Å². The Bertz CT molecular complexity index is 233. The molecule has 0 rings (SSSR count). The zero-order valence-corrected chi connectivity index (χ0v) is 20.0. The minimum absolute atomic E-state index is 0.652. The molecule has 9 heteroatoms. The molecule has 0 aliphatic rings. The fourth-order valence-corrected chi connectivity index (χ4v) is 6.63. The van der Waals surface area contributed by atoms with Crippen molar-refractivity contribution in [3.8, 4) is 0 Å². The molecule has 0 aliphatic heterocycles. The van der Waals surface area contributed by atoms with Gasteiger partial charge in [-0.1, -0.05) is 6.42 Å². The van der Waals surface area contributed by atoms with E-state index in [9.17, 15) is 0 Å². The Hall–Kier alpha value is 0.934. The quantitative estimate of drug-likeness (QED) is 0.242. The van der Waals surface area contributed by atoms with Crippen molar-refractivity contribution in [3.63, 3.8) is 0 Å². The van der Waals surface area contributed by atoms with E-state index in [4.69, 9.17) is 22.1 Å². The van der Waals surface area contributed by atoms with Crippen molar-refractivity contribution in [2.24, 2.45) is 0 Å². The van der Waals surface area contributed by atoms with Crippen LogP contribution in [0.2, 0.25) is 12.1 Å². The van der Waals surface area contributed by atoms with Crippen LogP contribution in [0.3, 0.4) is 0 Å². The standard InChI is InChI=1S/C9H22O3SSi.C6H16O2SSi/c1-4-10-14(11-5-2,12-6-3)9-7-8-13;1-7-10(8-2)6-4-3-5-9/h13H,4-9H2,1-3H3;9-10H,3-6H2,1-2H3. The third-order valence-corrected chi connectivity index (χ3v) is 8.82. The first-order valence-corrected chi connectivity index (χ1v) is 13.7. The van der Waals surface area contributed by atoms with Crippen LogP contribution in [0.15, 0.2) is 0 Å². The summed E-state index contributed by atoms with van der Waals surface area (Å²) in [6, 6.07) is 1.97. The summed E-state index contributed by atoms with van der Waals surface area (Å²) in [5.41, 5.74) is 0. The van der Waals surface area contributed by atoms with Crippen molar-refractivity contribution in [2.75, 3.05) is 45.5 Å². The third kappa shape index (κ3) is 15.2. The van der Waals surface area contributed by atoms with E-state index in [1.165, 1.54) is 12.8 Å². The molecule has 0 heterocycles. The normalized spacial score (nSPS) is 11.5. The van der Waals surface area contributed by atoms with Crippen molar-refractivity contribution >= 4 is 43.3 Å². The Morgan fingerprint density at radius 3 is 1.54 bits per heavy atom. The van der Waals surface area contributed by atoms with Gasteiger partial charge in [0.05, 0.1) is 0 Å². The third-order valence-electron chi connectivity index (χ3n) is 3.11. The Morgan fingerprint density at radius 2 is 1.21 bits per heavy atom. The highest BCUT2D eigenvalue weighted by molar-refractivity contribution is 7.80. The molecule has 0 bridgehead atoms. The Labute approximate surface area is 163 Å². The summed E-state index contributed by atoms with van der Waals surface area (Å²) < 4.78 is 27.3. The number of thiol groups is 2. The molecule has 0 atom stereocenters. The lowest BCUT2D eigenvalue weighted by Gasteiger charge is -2.28. The molecule has 0 amide bonds. The van der Waals surface area contributed by atoms with Gasteiger partial charge >= 0.3 is 18.1 Å². The summed E-state index contributed by atoms with van der Waals surface area (Å²) in [4.78, 5) is 0. The summed E-state index contributed by atoms with van der Waals surface area (Å²) in [6.45, 7) is 7.87. The smallest absolute Gasteiger partial charge is 0.400 e. The molecule has 0 unspecified atom stereocenters. The lowest BCUT2D eigenvalue weighted by atomic mass is 10.4. The van der Waals surface area contributed by atoms with Crippen LogP contribution in [0.1, 0.15) is 40.0 Å². The highest BCUT2D eigenvalue weighted by atomic mass is 32.1. The fourth-order valence-electron chi connectivity index (χ4n) is 2.05. The monoisotopic (exact) mass is 418 g/mol. The minimum atomic E-state index is -2.37. The predicted octanol–water partition coefficient (Wildman–Crippen LogP) is 3.56. The fraction of sp³-hybridized carbons (Fsp3) is 1.00. The molecule has 5 nitrogen and oxygen atoms in total. The Balaban J connectivity index is 0. The van der Waals surface area contributed by atoms with Gasteiger partial charge in [-0.25, -0.2) is 0 Å². The molecule has 0 aromatic carbocycles. The van der Waals surface area contributed by atoms with Crippen LogP contribution in [0.4, 0.5) is 0 Å². The number of unbranched alkanes of at least 4 members (excludes halogenated alkanes) is 1. The summed E-state index contributed by atoms with van der Waals surface area (Å²) in [7, 11) is -0.176. The molecule has 0 aliphatic carbocycles. The highest BCUT2D eigenvalue weighted by Crippen LogP contribution is 2.18. The Morgan fingerprint density at radius 1 is 0.750 bits per heavy atom. The summed E-state index contributed by atoms with van der Waals surface area (Å²) >= 11 is 8.31. The van der Waals surface area contributed by atoms with E-state index in [-0.39, 0.29) is 0 Å². The van der Waals surface area contributed by atoms with Gasteiger partial charge in [0.15, 0.2) is 0 Å². The first kappa shape index (κ1) is 27.2. The maximum Gasteiger partial charge on any atom is 0.500 e. The summed E-state index contributed by atoms with van der Waals surface area (Å²) in [5.74, 6) is 1.82. The van der Waals surface area contributed by atoms with Gasteiger partial charge in [0.1, 0.15) is 0 Å². The van der Waals surface area contributed by atoms with Crippen molar-refractivity contribution in [1.29, 1.82) is 0 Å². The van der Waals surface area contributed by atoms with Crippen LogP contribution in [0.5, 0.6) is 0 Å². The van der Waals surface area contributed by atoms with Gasteiger partial charge in [-0.2, -0.15) is 25.3 Å². The van der Waals surface area contributed by atoms with E-state index in [0.29, 0.717) is 19.8 Å². The van der Waals surface area contributed by atoms with E-state index in [2.05, 4.69) is 25.3 Å². The average Bonchev–Trinajstić information content (AvgIpc) is 2.58. The van der Waals surface area contributed by atoms with Crippen LogP contribution in [-0.4, -0.2) is 63.6 Å². The van der Waals surface area contributed by atoms with Crippen LogP contribution in [0.25, 0.3) is 0 Å². The maximum atomic E-state index is 5.67. The van der Waals surface area contributed by atoms with Crippen LogP contribution in [0, 0.1) is 0 Å². The highest BCUT2D eigenvalue weighted by Gasteiger charge is 2.39. The van der Waals surface area contributed by atoms with Crippen LogP contribution < -0.4 is 0 Å². The molecule has 0 fully saturated rings. The largest absolute Gasteiger partial charge is 0.500 e. The average molecular weight is 419 g/mol. The van der Waals surface area contributed by atoms with Crippen molar-refractivity contribution < 1.29 is 22.1 Å². The maximum absolute atomic E-state index is 5.67. The van der Waals surface area contributed by atoms with Gasteiger partial charge in [-0.05, 0) is 51.2 Å². The molecule has 0 spiro atoms. The first-order valence-electron chi connectivity index (χ1n) is 8.78. The van der Waals surface area contributed by atoms with E-state index in [0.717, 1.165) is 30.0 Å². The summed E-state index contributed by atoms with van der Waals surface area (Å²) in [5, 5.41) is 0. The minimum Gasteiger partial charge on any atom is -0.400 e. The van der Waals surface area contributed by atoms with Crippen LogP contribution >= 0.6 is 25.3 Å². The SMILES string of the molecule is CCO[Si](CCCS)(OCC)OCC.CO[SiH](CCCCS)OC. The molecule has 0 N–H and O–H groups in total. The molecular weight excluding hydrogens is 380 g/mol.